The van der Waals surface area contributed by atoms with E-state index in [1.165, 1.54) is 12.1 Å². The molecule has 7 heteroatoms. The van der Waals surface area contributed by atoms with Crippen LogP contribution >= 0.6 is 0 Å². The Kier molecular flexibility index (Phi) is 3.46. The van der Waals surface area contributed by atoms with E-state index in [0.29, 0.717) is 5.56 Å². The first-order chi connectivity index (χ1) is 10.4. The van der Waals surface area contributed by atoms with Crippen LogP contribution in [0.3, 0.4) is 0 Å². The van der Waals surface area contributed by atoms with E-state index in [1.807, 2.05) is 6.92 Å². The summed E-state index contributed by atoms with van der Waals surface area (Å²) >= 11 is 0. The van der Waals surface area contributed by atoms with Gasteiger partial charge in [0.05, 0.1) is 4.90 Å². The maximum atomic E-state index is 12.6. The van der Waals surface area contributed by atoms with Crippen molar-refractivity contribution in [1.82, 2.24) is 4.31 Å². The van der Waals surface area contributed by atoms with Crippen molar-refractivity contribution in [3.63, 3.8) is 0 Å². The minimum Gasteiger partial charge on any atom is -0.263 e. The van der Waals surface area contributed by atoms with Crippen molar-refractivity contribution >= 4 is 10.0 Å². The van der Waals surface area contributed by atoms with Crippen LogP contribution in [0, 0.1) is 17.0 Å². The van der Waals surface area contributed by atoms with E-state index in [2.05, 4.69) is 0 Å². The lowest BCUT2D eigenvalue weighted by Crippen LogP contribution is -2.18. The molecule has 0 bridgehead atoms. The molecule has 3 rings (SSSR count). The molecule has 2 aromatic carbocycles. The van der Waals surface area contributed by atoms with Gasteiger partial charge in [0.15, 0.2) is 0 Å². The zero-order chi connectivity index (χ0) is 15.9. The number of benzene rings is 2. The summed E-state index contributed by atoms with van der Waals surface area (Å²) < 4.78 is 26.2. The minimum atomic E-state index is -3.88. The third kappa shape index (κ3) is 2.38. The average molecular weight is 318 g/mol. The Morgan fingerprint density at radius 3 is 2.18 bits per heavy atom. The Morgan fingerprint density at radius 1 is 1.05 bits per heavy atom. The second kappa shape index (κ2) is 5.19. The Hall–Kier alpha value is -2.25. The fourth-order valence-electron chi connectivity index (χ4n) is 2.50. The number of sulfonamides is 1. The van der Waals surface area contributed by atoms with E-state index in [-0.39, 0.29) is 4.90 Å². The van der Waals surface area contributed by atoms with E-state index in [4.69, 9.17) is 0 Å². The fraction of sp³-hybridized carbons (Fsp3) is 0.200. The third-order valence-corrected chi connectivity index (χ3v) is 5.55. The quantitative estimate of drug-likeness (QED) is 0.492. The highest BCUT2D eigenvalue weighted by Gasteiger charge is 2.65. The van der Waals surface area contributed by atoms with Gasteiger partial charge in [0.1, 0.15) is 6.04 Å². The number of aryl methyl sites for hydroxylation is 1. The SMILES string of the molecule is Cc1ccc(S(=O)(=O)N2[C@H]([N+](=O)[O-])[C@@H]2c2ccccc2)cc1. The number of hydrogen-bond acceptors (Lipinski definition) is 4. The van der Waals surface area contributed by atoms with Crippen LogP contribution in [-0.4, -0.2) is 23.8 Å². The molecular weight excluding hydrogens is 304 g/mol. The monoisotopic (exact) mass is 318 g/mol. The van der Waals surface area contributed by atoms with Crippen molar-refractivity contribution in [2.75, 3.05) is 0 Å². The third-order valence-electron chi connectivity index (χ3n) is 3.68. The van der Waals surface area contributed by atoms with Crippen LogP contribution < -0.4 is 0 Å². The molecule has 0 aliphatic carbocycles. The smallest absolute Gasteiger partial charge is 0.263 e. The van der Waals surface area contributed by atoms with Crippen LogP contribution in [0.4, 0.5) is 0 Å². The first-order valence-corrected chi connectivity index (χ1v) is 8.15. The number of nitro groups is 1. The normalized spacial score (nSPS) is 24.0. The van der Waals surface area contributed by atoms with Gasteiger partial charge in [-0.3, -0.25) is 10.1 Å². The maximum Gasteiger partial charge on any atom is 0.302 e. The highest BCUT2D eigenvalue weighted by Crippen LogP contribution is 2.47. The Bertz CT molecular complexity index is 803. The second-order valence-corrected chi connectivity index (χ2v) is 7.05. The predicted molar refractivity (Wildman–Crippen MR) is 80.2 cm³/mol. The molecule has 1 saturated heterocycles. The predicted octanol–water partition coefficient (Wildman–Crippen LogP) is 2.34. The van der Waals surface area contributed by atoms with E-state index < -0.39 is 27.2 Å². The van der Waals surface area contributed by atoms with Crippen molar-refractivity contribution in [1.29, 1.82) is 0 Å². The molecule has 2 aromatic rings. The lowest BCUT2D eigenvalue weighted by Gasteiger charge is -2.05. The molecule has 0 saturated carbocycles. The standard InChI is InChI=1S/C15H14N2O4S/c1-11-7-9-13(10-8-11)22(20,21)16-14(15(16)17(18)19)12-5-3-2-4-6-12/h2-10,14-15H,1H3/t14-,15+,16?/m0/s1. The second-order valence-electron chi connectivity index (χ2n) is 5.20. The van der Waals surface area contributed by atoms with Gasteiger partial charge in [-0.2, -0.15) is 0 Å². The average Bonchev–Trinajstić information content (AvgIpc) is 3.25. The zero-order valence-electron chi connectivity index (χ0n) is 11.8. The molecule has 1 heterocycles. The highest BCUT2D eigenvalue weighted by atomic mass is 32.2. The van der Waals surface area contributed by atoms with Gasteiger partial charge in [-0.15, -0.1) is 4.31 Å². The number of rotatable bonds is 4. The first-order valence-electron chi connectivity index (χ1n) is 6.71. The molecule has 1 aliphatic heterocycles. The van der Waals surface area contributed by atoms with Gasteiger partial charge in [0, 0.05) is 4.92 Å². The Labute approximate surface area is 128 Å². The van der Waals surface area contributed by atoms with Crippen LogP contribution in [0.5, 0.6) is 0 Å². The van der Waals surface area contributed by atoms with Crippen molar-refractivity contribution in [3.8, 4) is 0 Å². The Morgan fingerprint density at radius 2 is 1.64 bits per heavy atom. The summed E-state index contributed by atoms with van der Waals surface area (Å²) in [4.78, 5) is 10.7. The molecule has 1 aliphatic rings. The fourth-order valence-corrected chi connectivity index (χ4v) is 4.18. The van der Waals surface area contributed by atoms with Crippen molar-refractivity contribution in [2.45, 2.75) is 24.0 Å². The molecule has 0 amide bonds. The van der Waals surface area contributed by atoms with Gasteiger partial charge in [0.2, 0.25) is 10.0 Å². The summed E-state index contributed by atoms with van der Waals surface area (Å²) in [5.41, 5.74) is 1.55. The molecule has 22 heavy (non-hydrogen) atoms. The van der Waals surface area contributed by atoms with E-state index in [1.54, 1.807) is 42.5 Å². The van der Waals surface area contributed by atoms with Gasteiger partial charge in [-0.1, -0.05) is 48.0 Å². The highest BCUT2D eigenvalue weighted by molar-refractivity contribution is 7.89. The van der Waals surface area contributed by atoms with Crippen LogP contribution in [0.15, 0.2) is 59.5 Å². The van der Waals surface area contributed by atoms with Gasteiger partial charge in [-0.25, -0.2) is 8.42 Å². The Balaban J connectivity index is 1.99. The molecule has 0 spiro atoms. The lowest BCUT2D eigenvalue weighted by atomic mass is 10.1. The lowest BCUT2D eigenvalue weighted by molar-refractivity contribution is -0.503. The molecule has 0 N–H and O–H groups in total. The topological polar surface area (TPSA) is 80.3 Å². The molecule has 0 radical (unpaired) electrons. The van der Waals surface area contributed by atoms with Crippen LogP contribution in [-0.2, 0) is 10.0 Å². The van der Waals surface area contributed by atoms with E-state index >= 15 is 0 Å². The summed E-state index contributed by atoms with van der Waals surface area (Å²) in [5, 5.41) is 11.2. The summed E-state index contributed by atoms with van der Waals surface area (Å²) in [6.07, 6.45) is -1.24. The van der Waals surface area contributed by atoms with Crippen LogP contribution in [0.1, 0.15) is 17.2 Å². The molecule has 6 nitrogen and oxygen atoms in total. The van der Waals surface area contributed by atoms with Crippen molar-refractivity contribution in [2.24, 2.45) is 0 Å². The van der Waals surface area contributed by atoms with Crippen molar-refractivity contribution in [3.05, 3.63) is 75.8 Å². The van der Waals surface area contributed by atoms with Gasteiger partial charge in [0.25, 0.3) is 0 Å². The van der Waals surface area contributed by atoms with Crippen LogP contribution in [0.25, 0.3) is 0 Å². The summed E-state index contributed by atoms with van der Waals surface area (Å²) in [6, 6.07) is 14.2. The van der Waals surface area contributed by atoms with Crippen molar-refractivity contribution < 1.29 is 13.3 Å². The minimum absolute atomic E-state index is 0.0726. The molecule has 1 fully saturated rings. The first kappa shape index (κ1) is 14.7. The number of nitrogens with zero attached hydrogens (tertiary/aromatic N) is 2. The zero-order valence-corrected chi connectivity index (χ0v) is 12.6. The maximum absolute atomic E-state index is 12.6. The molecular formula is C15H14N2O4S. The van der Waals surface area contributed by atoms with Gasteiger partial charge < -0.3 is 0 Å². The van der Waals surface area contributed by atoms with Gasteiger partial charge in [-0.05, 0) is 24.6 Å². The summed E-state index contributed by atoms with van der Waals surface area (Å²) in [5.74, 6) is 0. The van der Waals surface area contributed by atoms with E-state index in [0.717, 1.165) is 9.87 Å². The van der Waals surface area contributed by atoms with Crippen LogP contribution in [0.2, 0.25) is 0 Å². The summed E-state index contributed by atoms with van der Waals surface area (Å²) in [7, 11) is -3.88. The molecule has 114 valence electrons. The molecule has 3 atom stereocenters. The molecule has 0 aromatic heterocycles. The van der Waals surface area contributed by atoms with E-state index in [9.17, 15) is 18.5 Å². The largest absolute Gasteiger partial charge is 0.302 e. The molecule has 1 unspecified atom stereocenters. The number of hydrogen-bond donors (Lipinski definition) is 0. The van der Waals surface area contributed by atoms with Gasteiger partial charge >= 0.3 is 6.17 Å². The summed E-state index contributed by atoms with van der Waals surface area (Å²) in [6.45, 7) is 1.85.